The minimum absolute atomic E-state index is 0.0371. The van der Waals surface area contributed by atoms with Crippen molar-refractivity contribution in [1.29, 1.82) is 0 Å². The fraction of sp³-hybridized carbons (Fsp3) is 0.250. The van der Waals surface area contributed by atoms with Crippen molar-refractivity contribution in [3.63, 3.8) is 0 Å². The van der Waals surface area contributed by atoms with Crippen molar-refractivity contribution in [2.45, 2.75) is 6.92 Å². The molecule has 2 aromatic rings. The van der Waals surface area contributed by atoms with Crippen molar-refractivity contribution in [2.75, 3.05) is 26.9 Å². The number of hydrogen-bond donors (Lipinski definition) is 1. The van der Waals surface area contributed by atoms with Crippen LogP contribution in [0.2, 0.25) is 0 Å². The van der Waals surface area contributed by atoms with Gasteiger partial charge in [0, 0.05) is 0 Å². The summed E-state index contributed by atoms with van der Waals surface area (Å²) in [6.07, 6.45) is 0. The molecule has 148 valence electrons. The second-order valence-corrected chi connectivity index (χ2v) is 5.54. The number of Topliss-reactive ketones (excluding diaryl/α,β-unsaturated/α-hetero) is 1. The molecule has 0 radical (unpaired) electrons. The van der Waals surface area contributed by atoms with E-state index in [1.54, 1.807) is 31.2 Å². The first kappa shape index (κ1) is 20.9. The number of methoxy groups -OCH3 is 1. The van der Waals surface area contributed by atoms with Crippen LogP contribution >= 0.6 is 0 Å². The number of carbonyl (C=O) groups excluding carboxylic acids is 3. The second kappa shape index (κ2) is 10.1. The molecule has 0 aliphatic heterocycles. The molecule has 0 heterocycles. The van der Waals surface area contributed by atoms with E-state index in [2.05, 4.69) is 5.32 Å². The standard InChI is InChI=1S/C20H20FNO6/c1-3-27-18-7-5-4-6-14(18)20(25)22-11-19(24)28-12-16(23)15-10-13(21)8-9-17(15)26-2/h4-10H,3,11-12H2,1-2H3,(H,22,25). The van der Waals surface area contributed by atoms with Crippen molar-refractivity contribution in [3.8, 4) is 11.5 Å². The summed E-state index contributed by atoms with van der Waals surface area (Å²) in [5.41, 5.74) is 0.239. The van der Waals surface area contributed by atoms with E-state index >= 15 is 0 Å². The Morgan fingerprint density at radius 1 is 1.04 bits per heavy atom. The lowest BCUT2D eigenvalue weighted by atomic mass is 10.1. The summed E-state index contributed by atoms with van der Waals surface area (Å²) in [6, 6.07) is 10.1. The molecule has 0 aliphatic rings. The van der Waals surface area contributed by atoms with Gasteiger partial charge in [-0.05, 0) is 37.3 Å². The van der Waals surface area contributed by atoms with Crippen LogP contribution in [0.3, 0.4) is 0 Å². The summed E-state index contributed by atoms with van der Waals surface area (Å²) < 4.78 is 28.5. The van der Waals surface area contributed by atoms with Gasteiger partial charge in [-0.15, -0.1) is 0 Å². The lowest BCUT2D eigenvalue weighted by Gasteiger charge is -2.11. The molecule has 28 heavy (non-hydrogen) atoms. The predicted molar refractivity (Wildman–Crippen MR) is 98.2 cm³/mol. The molecule has 0 spiro atoms. The van der Waals surface area contributed by atoms with Crippen LogP contribution in [0, 0.1) is 5.82 Å². The van der Waals surface area contributed by atoms with Crippen molar-refractivity contribution in [1.82, 2.24) is 5.32 Å². The summed E-state index contributed by atoms with van der Waals surface area (Å²) in [4.78, 5) is 36.2. The van der Waals surface area contributed by atoms with Crippen molar-refractivity contribution < 1.29 is 33.0 Å². The summed E-state index contributed by atoms with van der Waals surface area (Å²) >= 11 is 0. The van der Waals surface area contributed by atoms with Gasteiger partial charge >= 0.3 is 5.97 Å². The molecule has 1 N–H and O–H groups in total. The smallest absolute Gasteiger partial charge is 0.325 e. The normalized spacial score (nSPS) is 10.1. The van der Waals surface area contributed by atoms with Crippen molar-refractivity contribution in [2.24, 2.45) is 0 Å². The van der Waals surface area contributed by atoms with Gasteiger partial charge in [0.25, 0.3) is 5.91 Å². The molecule has 2 aromatic carbocycles. The highest BCUT2D eigenvalue weighted by molar-refractivity contribution is 6.01. The lowest BCUT2D eigenvalue weighted by molar-refractivity contribution is -0.141. The van der Waals surface area contributed by atoms with Crippen LogP contribution in [-0.4, -0.2) is 44.5 Å². The molecule has 0 unspecified atom stereocenters. The van der Waals surface area contributed by atoms with Crippen LogP contribution in [0.1, 0.15) is 27.6 Å². The maximum Gasteiger partial charge on any atom is 0.325 e. The van der Waals surface area contributed by atoms with Crippen LogP contribution in [0.5, 0.6) is 11.5 Å². The van der Waals surface area contributed by atoms with E-state index in [9.17, 15) is 18.8 Å². The number of ketones is 1. The van der Waals surface area contributed by atoms with E-state index in [4.69, 9.17) is 14.2 Å². The number of carbonyl (C=O) groups is 3. The largest absolute Gasteiger partial charge is 0.496 e. The highest BCUT2D eigenvalue weighted by Crippen LogP contribution is 2.20. The average Bonchev–Trinajstić information content (AvgIpc) is 2.70. The Morgan fingerprint density at radius 3 is 2.50 bits per heavy atom. The molecule has 2 rings (SSSR count). The molecule has 0 aromatic heterocycles. The van der Waals surface area contributed by atoms with Gasteiger partial charge in [-0.1, -0.05) is 12.1 Å². The quantitative estimate of drug-likeness (QED) is 0.523. The van der Waals surface area contributed by atoms with Gasteiger partial charge in [0.1, 0.15) is 23.9 Å². The second-order valence-electron chi connectivity index (χ2n) is 5.54. The van der Waals surface area contributed by atoms with Crippen LogP contribution < -0.4 is 14.8 Å². The topological polar surface area (TPSA) is 90.9 Å². The third kappa shape index (κ3) is 5.54. The van der Waals surface area contributed by atoms with Gasteiger partial charge in [0.05, 0.1) is 24.8 Å². The third-order valence-corrected chi connectivity index (χ3v) is 3.65. The Balaban J connectivity index is 1.89. The summed E-state index contributed by atoms with van der Waals surface area (Å²) in [5, 5.41) is 2.40. The van der Waals surface area contributed by atoms with Crippen molar-refractivity contribution in [3.05, 3.63) is 59.4 Å². The van der Waals surface area contributed by atoms with Crippen molar-refractivity contribution >= 4 is 17.7 Å². The first-order valence-corrected chi connectivity index (χ1v) is 8.48. The average molecular weight is 389 g/mol. The Morgan fingerprint density at radius 2 is 1.79 bits per heavy atom. The Kier molecular flexibility index (Phi) is 7.50. The molecule has 8 heteroatoms. The van der Waals surface area contributed by atoms with E-state index in [1.807, 2.05) is 0 Å². The Hall–Kier alpha value is -3.42. The minimum atomic E-state index is -0.814. The molecule has 0 fully saturated rings. The van der Waals surface area contributed by atoms with Gasteiger partial charge < -0.3 is 19.5 Å². The molecule has 1 amide bonds. The SMILES string of the molecule is CCOc1ccccc1C(=O)NCC(=O)OCC(=O)c1cc(F)ccc1OC. The number of nitrogens with one attached hydrogen (secondary N) is 1. The maximum atomic E-state index is 13.3. The Bertz CT molecular complexity index is 868. The highest BCUT2D eigenvalue weighted by Gasteiger charge is 2.17. The van der Waals surface area contributed by atoms with Gasteiger partial charge in [-0.2, -0.15) is 0 Å². The number of benzene rings is 2. The van der Waals surface area contributed by atoms with Gasteiger partial charge in [-0.25, -0.2) is 4.39 Å². The molecule has 0 saturated heterocycles. The van der Waals surface area contributed by atoms with Gasteiger partial charge in [0.2, 0.25) is 5.78 Å². The third-order valence-electron chi connectivity index (χ3n) is 3.65. The molecular weight excluding hydrogens is 369 g/mol. The van der Waals surface area contributed by atoms with Crippen LogP contribution in [-0.2, 0) is 9.53 Å². The zero-order valence-corrected chi connectivity index (χ0v) is 15.5. The predicted octanol–water partition coefficient (Wildman–Crippen LogP) is 2.39. The molecule has 0 aliphatic carbocycles. The highest BCUT2D eigenvalue weighted by atomic mass is 19.1. The fourth-order valence-corrected chi connectivity index (χ4v) is 2.36. The minimum Gasteiger partial charge on any atom is -0.496 e. The molecular formula is C20H20FNO6. The number of esters is 1. The van der Waals surface area contributed by atoms with E-state index in [0.717, 1.165) is 12.1 Å². The number of halogens is 1. The van der Waals surface area contributed by atoms with E-state index in [1.165, 1.54) is 13.2 Å². The van der Waals surface area contributed by atoms with Gasteiger partial charge in [-0.3, -0.25) is 14.4 Å². The number of ether oxygens (including phenoxy) is 3. The zero-order chi connectivity index (χ0) is 20.5. The number of rotatable bonds is 9. The monoisotopic (exact) mass is 389 g/mol. The first-order chi connectivity index (χ1) is 13.5. The molecule has 0 bridgehead atoms. The lowest BCUT2D eigenvalue weighted by Crippen LogP contribution is -2.31. The fourth-order valence-electron chi connectivity index (χ4n) is 2.36. The molecule has 0 saturated carbocycles. The summed E-state index contributed by atoms with van der Waals surface area (Å²) in [7, 11) is 1.34. The first-order valence-electron chi connectivity index (χ1n) is 8.48. The number of para-hydroxylation sites is 1. The van der Waals surface area contributed by atoms with Gasteiger partial charge in [0.15, 0.2) is 6.61 Å². The van der Waals surface area contributed by atoms with Crippen LogP contribution in [0.15, 0.2) is 42.5 Å². The Labute approximate surface area is 161 Å². The maximum absolute atomic E-state index is 13.3. The van der Waals surface area contributed by atoms with E-state index in [0.29, 0.717) is 12.4 Å². The van der Waals surface area contributed by atoms with Crippen LogP contribution in [0.4, 0.5) is 4.39 Å². The van der Waals surface area contributed by atoms with E-state index in [-0.39, 0.29) is 16.9 Å². The van der Waals surface area contributed by atoms with Crippen LogP contribution in [0.25, 0.3) is 0 Å². The number of hydrogen-bond acceptors (Lipinski definition) is 6. The molecule has 0 atom stereocenters. The molecule has 7 nitrogen and oxygen atoms in total. The zero-order valence-electron chi connectivity index (χ0n) is 15.5. The number of amides is 1. The summed E-state index contributed by atoms with van der Waals surface area (Å²) in [6.45, 7) is 1.13. The van der Waals surface area contributed by atoms with E-state index < -0.39 is 36.6 Å². The summed E-state index contributed by atoms with van der Waals surface area (Å²) in [5.74, 6) is -2.01.